The van der Waals surface area contributed by atoms with Gasteiger partial charge in [-0.1, -0.05) is 42.5 Å². The van der Waals surface area contributed by atoms with E-state index in [2.05, 4.69) is 0 Å². The lowest BCUT2D eigenvalue weighted by Gasteiger charge is -2.39. The molecule has 2 aromatic carbocycles. The predicted molar refractivity (Wildman–Crippen MR) is 132 cm³/mol. The second-order valence-corrected chi connectivity index (χ2v) is 9.45. The molecule has 180 valence electrons. The number of allylic oxidation sites excluding steroid dienone is 6. The maximum absolute atomic E-state index is 13.7. The Bertz CT molecular complexity index is 1690. The van der Waals surface area contributed by atoms with Crippen molar-refractivity contribution in [1.82, 2.24) is 13.9 Å². The number of phenols is 1. The monoisotopic (exact) mass is 481 g/mol. The second-order valence-electron chi connectivity index (χ2n) is 9.45. The minimum Gasteiger partial charge on any atom is -0.507 e. The number of carbonyl (C=O) groups is 2. The van der Waals surface area contributed by atoms with E-state index in [4.69, 9.17) is 0 Å². The molecule has 2 heterocycles. The third kappa shape index (κ3) is 2.94. The number of ketones is 2. The van der Waals surface area contributed by atoms with E-state index in [0.29, 0.717) is 33.5 Å². The fourth-order valence-electron chi connectivity index (χ4n) is 5.70. The first-order valence-corrected chi connectivity index (χ1v) is 11.8. The normalized spacial score (nSPS) is 20.9. The highest BCUT2D eigenvalue weighted by atomic mass is 16.3. The summed E-state index contributed by atoms with van der Waals surface area (Å²) in [5, 5.41) is 11.0. The van der Waals surface area contributed by atoms with Crippen molar-refractivity contribution in [3.8, 4) is 11.4 Å². The van der Waals surface area contributed by atoms with Crippen LogP contribution in [0.25, 0.3) is 5.69 Å². The van der Waals surface area contributed by atoms with E-state index in [1.807, 2.05) is 6.08 Å². The molecule has 2 atom stereocenters. The number of fused-ring (bicyclic) bond motifs is 3. The Morgan fingerprint density at radius 2 is 1.67 bits per heavy atom. The molecule has 36 heavy (non-hydrogen) atoms. The molecule has 0 amide bonds. The molecule has 2 unspecified atom stereocenters. The standard InChI is InChI=1S/C28H23N3O5/c1-15-7-6-10-19(25(15)33)23-18-11-12-29-27(35)30(17-8-4-3-5-9-17)28(36)31(29)21(18)14-20-22(32)13-16(2)26(34)24(20)23/h3-11,13,21,23,33H,12,14H2,1-2H3. The number of hydrogen-bond donors (Lipinski definition) is 1. The van der Waals surface area contributed by atoms with Crippen molar-refractivity contribution >= 4 is 11.6 Å². The molecule has 0 spiro atoms. The number of benzene rings is 2. The largest absolute Gasteiger partial charge is 0.507 e. The summed E-state index contributed by atoms with van der Waals surface area (Å²) >= 11 is 0. The molecule has 0 bridgehead atoms. The van der Waals surface area contributed by atoms with Gasteiger partial charge in [0.25, 0.3) is 0 Å². The molecule has 8 nitrogen and oxygen atoms in total. The van der Waals surface area contributed by atoms with Gasteiger partial charge in [-0.2, -0.15) is 0 Å². The Balaban J connectivity index is 1.61. The molecule has 0 radical (unpaired) electrons. The van der Waals surface area contributed by atoms with Gasteiger partial charge in [0.15, 0.2) is 11.6 Å². The fourth-order valence-corrected chi connectivity index (χ4v) is 5.70. The molecule has 1 aromatic heterocycles. The smallest absolute Gasteiger partial charge is 0.352 e. The van der Waals surface area contributed by atoms with Crippen molar-refractivity contribution in [2.45, 2.75) is 38.8 Å². The number of hydrogen-bond acceptors (Lipinski definition) is 5. The molecule has 8 heteroatoms. The Kier molecular flexibility index (Phi) is 4.76. The molecule has 0 saturated heterocycles. The van der Waals surface area contributed by atoms with Crippen LogP contribution >= 0.6 is 0 Å². The van der Waals surface area contributed by atoms with Crippen molar-refractivity contribution in [3.63, 3.8) is 0 Å². The third-order valence-corrected chi connectivity index (χ3v) is 7.43. The van der Waals surface area contributed by atoms with Crippen LogP contribution in [0, 0.1) is 6.92 Å². The van der Waals surface area contributed by atoms with Crippen molar-refractivity contribution in [1.29, 1.82) is 0 Å². The summed E-state index contributed by atoms with van der Waals surface area (Å²) in [6, 6.07) is 13.3. The summed E-state index contributed by atoms with van der Waals surface area (Å²) in [4.78, 5) is 53.5. The van der Waals surface area contributed by atoms with Crippen LogP contribution in [0.3, 0.4) is 0 Å². The number of carbonyl (C=O) groups excluding carboxylic acids is 2. The van der Waals surface area contributed by atoms with Crippen molar-refractivity contribution in [2.24, 2.45) is 0 Å². The zero-order chi connectivity index (χ0) is 25.3. The lowest BCUT2D eigenvalue weighted by Crippen LogP contribution is -2.40. The Hall–Kier alpha value is -4.46. The van der Waals surface area contributed by atoms with Gasteiger partial charge in [-0.05, 0) is 43.2 Å². The molecule has 3 aromatic rings. The van der Waals surface area contributed by atoms with E-state index in [9.17, 15) is 24.3 Å². The number of aryl methyl sites for hydroxylation is 1. The number of aromatic hydroxyl groups is 1. The van der Waals surface area contributed by atoms with Crippen LogP contribution in [-0.4, -0.2) is 30.6 Å². The van der Waals surface area contributed by atoms with Gasteiger partial charge in [0, 0.05) is 34.6 Å². The van der Waals surface area contributed by atoms with E-state index in [1.165, 1.54) is 15.4 Å². The third-order valence-electron chi connectivity index (χ3n) is 7.43. The highest BCUT2D eigenvalue weighted by Crippen LogP contribution is 2.51. The van der Waals surface area contributed by atoms with Gasteiger partial charge in [0.1, 0.15) is 5.75 Å². The average molecular weight is 482 g/mol. The van der Waals surface area contributed by atoms with Gasteiger partial charge in [0.2, 0.25) is 0 Å². The maximum atomic E-state index is 13.7. The first-order chi connectivity index (χ1) is 17.3. The van der Waals surface area contributed by atoms with E-state index in [1.54, 1.807) is 62.4 Å². The lowest BCUT2D eigenvalue weighted by atomic mass is 9.67. The first kappa shape index (κ1) is 22.0. The molecule has 0 fully saturated rings. The van der Waals surface area contributed by atoms with Gasteiger partial charge in [-0.3, -0.25) is 9.59 Å². The van der Waals surface area contributed by atoms with Crippen LogP contribution in [-0.2, 0) is 16.1 Å². The quantitative estimate of drug-likeness (QED) is 0.448. The molecular weight excluding hydrogens is 458 g/mol. The van der Waals surface area contributed by atoms with Crippen LogP contribution in [0.4, 0.5) is 0 Å². The highest BCUT2D eigenvalue weighted by Gasteiger charge is 2.45. The minimum atomic E-state index is -0.713. The van der Waals surface area contributed by atoms with E-state index in [0.717, 1.165) is 10.1 Å². The highest BCUT2D eigenvalue weighted by molar-refractivity contribution is 6.23. The van der Waals surface area contributed by atoms with Crippen LogP contribution < -0.4 is 11.4 Å². The van der Waals surface area contributed by atoms with Crippen molar-refractivity contribution < 1.29 is 14.7 Å². The van der Waals surface area contributed by atoms with Crippen molar-refractivity contribution in [2.75, 3.05) is 0 Å². The van der Waals surface area contributed by atoms with Crippen LogP contribution in [0.5, 0.6) is 5.75 Å². The summed E-state index contributed by atoms with van der Waals surface area (Å²) in [6.07, 6.45) is 3.29. The predicted octanol–water partition coefficient (Wildman–Crippen LogP) is 2.88. The number of para-hydroxylation sites is 2. The SMILES string of the molecule is CC1=CC(=O)C2=C(C1=O)C(c1cccc(C)c1O)C1=CCn3c(=O)n(-c4ccccc4)c(=O)n3C1C2. The average Bonchev–Trinajstić information content (AvgIpc) is 3.13. The molecule has 1 N–H and O–H groups in total. The number of nitrogens with zero attached hydrogens (tertiary/aromatic N) is 3. The number of aromatic nitrogens is 3. The van der Waals surface area contributed by atoms with Crippen LogP contribution in [0.15, 0.2) is 92.6 Å². The first-order valence-electron chi connectivity index (χ1n) is 11.8. The van der Waals surface area contributed by atoms with Gasteiger partial charge in [0.05, 0.1) is 18.3 Å². The van der Waals surface area contributed by atoms with E-state index in [-0.39, 0.29) is 30.3 Å². The van der Waals surface area contributed by atoms with Gasteiger partial charge in [-0.15, -0.1) is 0 Å². The van der Waals surface area contributed by atoms with E-state index < -0.39 is 23.3 Å². The van der Waals surface area contributed by atoms with Crippen molar-refractivity contribution in [3.05, 3.63) is 115 Å². The Morgan fingerprint density at radius 3 is 2.42 bits per heavy atom. The van der Waals surface area contributed by atoms with Crippen LogP contribution in [0.2, 0.25) is 0 Å². The molecule has 0 saturated carbocycles. The maximum Gasteiger partial charge on any atom is 0.352 e. The van der Waals surface area contributed by atoms with Gasteiger partial charge >= 0.3 is 11.4 Å². The van der Waals surface area contributed by atoms with Gasteiger partial charge in [-0.25, -0.2) is 23.5 Å². The Labute approximate surface area is 205 Å². The molecule has 2 aliphatic carbocycles. The minimum absolute atomic E-state index is 0.0421. The number of rotatable bonds is 2. The fraction of sp³-hybridized carbons (Fsp3) is 0.214. The second kappa shape index (κ2) is 7.78. The molecule has 1 aliphatic heterocycles. The summed E-state index contributed by atoms with van der Waals surface area (Å²) in [5.74, 6) is -1.20. The van der Waals surface area contributed by atoms with Crippen LogP contribution in [0.1, 0.15) is 36.4 Å². The molecule has 6 rings (SSSR count). The van der Waals surface area contributed by atoms with Gasteiger partial charge < -0.3 is 5.11 Å². The summed E-state index contributed by atoms with van der Waals surface area (Å²) in [6.45, 7) is 3.51. The zero-order valence-electron chi connectivity index (χ0n) is 19.8. The topological polar surface area (TPSA) is 103 Å². The molecule has 3 aliphatic rings. The van der Waals surface area contributed by atoms with E-state index >= 15 is 0 Å². The lowest BCUT2D eigenvalue weighted by molar-refractivity contribution is -0.116. The number of phenolic OH excluding ortho intramolecular Hbond substituents is 1. The molecular formula is C28H23N3O5. The number of Topliss-reactive ketones (excluding diaryl/α,β-unsaturated/α-hetero) is 1. The zero-order valence-corrected chi connectivity index (χ0v) is 19.8. The summed E-state index contributed by atoms with van der Waals surface area (Å²) in [7, 11) is 0. The summed E-state index contributed by atoms with van der Waals surface area (Å²) in [5.41, 5.74) is 2.33. The summed E-state index contributed by atoms with van der Waals surface area (Å²) < 4.78 is 3.90. The Morgan fingerprint density at radius 1 is 0.917 bits per heavy atom.